The lowest BCUT2D eigenvalue weighted by atomic mass is 10.2. The molecular weight excluding hydrogens is 192 g/mol. The van der Waals surface area contributed by atoms with Crippen LogP contribution in [-0.2, 0) is 11.3 Å². The zero-order valence-corrected chi connectivity index (χ0v) is 8.35. The maximum atomic E-state index is 11.4. The minimum atomic E-state index is 0.194. The third-order valence-electron chi connectivity index (χ3n) is 2.56. The van der Waals surface area contributed by atoms with E-state index in [4.69, 9.17) is 0 Å². The highest BCUT2D eigenvalue weighted by Crippen LogP contribution is 2.18. The Bertz CT molecular complexity index is 390. The van der Waals surface area contributed by atoms with E-state index in [9.17, 15) is 9.70 Å². The van der Waals surface area contributed by atoms with Crippen LogP contribution in [0.15, 0.2) is 29.4 Å². The smallest absolute Gasteiger partial charge is 0.222 e. The average Bonchev–Trinajstić information content (AvgIpc) is 2.65. The van der Waals surface area contributed by atoms with Gasteiger partial charge in [0.1, 0.15) is 5.69 Å². The van der Waals surface area contributed by atoms with Crippen molar-refractivity contribution >= 4 is 11.6 Å². The molecule has 0 aromatic heterocycles. The highest BCUT2D eigenvalue weighted by Gasteiger charge is 2.19. The van der Waals surface area contributed by atoms with E-state index in [0.717, 1.165) is 18.5 Å². The molecule has 4 nitrogen and oxygen atoms in total. The zero-order valence-electron chi connectivity index (χ0n) is 8.35. The van der Waals surface area contributed by atoms with E-state index in [1.807, 2.05) is 11.0 Å². The third-order valence-corrected chi connectivity index (χ3v) is 2.56. The summed E-state index contributed by atoms with van der Waals surface area (Å²) in [4.78, 5) is 23.5. The first kappa shape index (κ1) is 9.83. The molecule has 15 heavy (non-hydrogen) atoms. The van der Waals surface area contributed by atoms with Crippen molar-refractivity contribution in [2.45, 2.75) is 19.4 Å². The van der Waals surface area contributed by atoms with Gasteiger partial charge in [-0.1, -0.05) is 12.1 Å². The lowest BCUT2D eigenvalue weighted by Gasteiger charge is -2.15. The summed E-state index contributed by atoms with van der Waals surface area (Å²) in [7, 11) is 0. The fourth-order valence-electron chi connectivity index (χ4n) is 1.80. The van der Waals surface area contributed by atoms with Gasteiger partial charge in [0.25, 0.3) is 0 Å². The number of nitroso groups, excluding NO2 is 1. The Morgan fingerprint density at radius 1 is 1.40 bits per heavy atom. The second-order valence-electron chi connectivity index (χ2n) is 3.68. The highest BCUT2D eigenvalue weighted by molar-refractivity contribution is 5.78. The largest absolute Gasteiger partial charge is 0.338 e. The Hall–Kier alpha value is -1.71. The number of nitrogens with zero attached hydrogens (tertiary/aromatic N) is 2. The molecule has 0 spiro atoms. The first-order valence-corrected chi connectivity index (χ1v) is 4.99. The van der Waals surface area contributed by atoms with Crippen molar-refractivity contribution in [3.8, 4) is 0 Å². The van der Waals surface area contributed by atoms with Crippen molar-refractivity contribution < 1.29 is 4.79 Å². The summed E-state index contributed by atoms with van der Waals surface area (Å²) >= 11 is 0. The van der Waals surface area contributed by atoms with Crippen LogP contribution in [0, 0.1) is 4.91 Å². The summed E-state index contributed by atoms with van der Waals surface area (Å²) in [5, 5.41) is 2.87. The van der Waals surface area contributed by atoms with Gasteiger partial charge in [-0.15, -0.1) is 4.91 Å². The van der Waals surface area contributed by atoms with Gasteiger partial charge in [0.2, 0.25) is 5.91 Å². The van der Waals surface area contributed by atoms with E-state index in [-0.39, 0.29) is 5.91 Å². The van der Waals surface area contributed by atoms with Crippen molar-refractivity contribution in [2.24, 2.45) is 5.18 Å². The van der Waals surface area contributed by atoms with Gasteiger partial charge >= 0.3 is 0 Å². The molecule has 4 heteroatoms. The summed E-state index contributed by atoms with van der Waals surface area (Å²) < 4.78 is 0. The number of likely N-dealkylation sites (tertiary alicyclic amines) is 1. The van der Waals surface area contributed by atoms with Crippen LogP contribution in [0.2, 0.25) is 0 Å². The quantitative estimate of drug-likeness (QED) is 0.709. The predicted molar refractivity (Wildman–Crippen MR) is 56.5 cm³/mol. The fourth-order valence-corrected chi connectivity index (χ4v) is 1.80. The molecule has 1 amide bonds. The number of amides is 1. The molecule has 1 aromatic rings. The molecule has 1 aromatic carbocycles. The lowest BCUT2D eigenvalue weighted by Crippen LogP contribution is -2.23. The monoisotopic (exact) mass is 204 g/mol. The minimum absolute atomic E-state index is 0.194. The van der Waals surface area contributed by atoms with Crippen LogP contribution in [0.5, 0.6) is 0 Å². The van der Waals surface area contributed by atoms with Crippen molar-refractivity contribution in [1.82, 2.24) is 4.90 Å². The van der Waals surface area contributed by atoms with E-state index in [2.05, 4.69) is 5.18 Å². The summed E-state index contributed by atoms with van der Waals surface area (Å²) in [6, 6.07) is 7.06. The summed E-state index contributed by atoms with van der Waals surface area (Å²) in [6.45, 7) is 1.40. The molecule has 0 atom stereocenters. The van der Waals surface area contributed by atoms with Gasteiger partial charge in [-0.3, -0.25) is 4.79 Å². The Morgan fingerprint density at radius 2 is 2.27 bits per heavy atom. The van der Waals surface area contributed by atoms with E-state index < -0.39 is 0 Å². The van der Waals surface area contributed by atoms with Gasteiger partial charge in [0.15, 0.2) is 0 Å². The maximum Gasteiger partial charge on any atom is 0.222 e. The maximum absolute atomic E-state index is 11.4. The van der Waals surface area contributed by atoms with Crippen LogP contribution < -0.4 is 0 Å². The number of rotatable bonds is 3. The Balaban J connectivity index is 2.09. The van der Waals surface area contributed by atoms with Crippen LogP contribution in [0.25, 0.3) is 0 Å². The Kier molecular flexibility index (Phi) is 2.76. The molecule has 1 fully saturated rings. The van der Waals surface area contributed by atoms with Gasteiger partial charge in [-0.25, -0.2) is 0 Å². The zero-order chi connectivity index (χ0) is 10.7. The van der Waals surface area contributed by atoms with Crippen LogP contribution in [0.3, 0.4) is 0 Å². The van der Waals surface area contributed by atoms with Crippen LogP contribution >= 0.6 is 0 Å². The van der Waals surface area contributed by atoms with Crippen molar-refractivity contribution in [2.75, 3.05) is 6.54 Å². The van der Waals surface area contributed by atoms with Crippen molar-refractivity contribution in [1.29, 1.82) is 0 Å². The number of benzene rings is 1. The van der Waals surface area contributed by atoms with Crippen LogP contribution in [0.1, 0.15) is 18.4 Å². The normalized spacial score (nSPS) is 15.7. The number of carbonyl (C=O) groups is 1. The molecule has 1 aliphatic heterocycles. The molecule has 1 aliphatic rings. The average molecular weight is 204 g/mol. The standard InChI is InChI=1S/C11H12N2O2/c14-11-5-2-6-13(11)8-9-3-1-4-10(7-9)12-15/h1,3-4,7H,2,5-6,8H2. The van der Waals surface area contributed by atoms with Crippen molar-refractivity contribution in [3.63, 3.8) is 0 Å². The summed E-state index contributed by atoms with van der Waals surface area (Å²) in [5.74, 6) is 0.194. The number of hydrogen-bond donors (Lipinski definition) is 0. The van der Waals surface area contributed by atoms with E-state index in [0.29, 0.717) is 18.7 Å². The molecule has 2 rings (SSSR count). The molecule has 1 heterocycles. The summed E-state index contributed by atoms with van der Waals surface area (Å²) in [6.07, 6.45) is 1.58. The molecule has 0 saturated carbocycles. The first-order chi connectivity index (χ1) is 7.29. The molecule has 0 bridgehead atoms. The second kappa shape index (κ2) is 4.21. The van der Waals surface area contributed by atoms with E-state index >= 15 is 0 Å². The molecule has 0 unspecified atom stereocenters. The molecule has 78 valence electrons. The SMILES string of the molecule is O=Nc1cccc(CN2CCCC2=O)c1. The topological polar surface area (TPSA) is 49.7 Å². The molecule has 0 radical (unpaired) electrons. The predicted octanol–water partition coefficient (Wildman–Crippen LogP) is 2.21. The van der Waals surface area contributed by atoms with Gasteiger partial charge in [-0.05, 0) is 29.3 Å². The summed E-state index contributed by atoms with van der Waals surface area (Å²) in [5.41, 5.74) is 1.38. The Morgan fingerprint density at radius 3 is 2.93 bits per heavy atom. The lowest BCUT2D eigenvalue weighted by molar-refractivity contribution is -0.128. The minimum Gasteiger partial charge on any atom is -0.338 e. The Labute approximate surface area is 87.9 Å². The highest BCUT2D eigenvalue weighted by atomic mass is 16.3. The van der Waals surface area contributed by atoms with Gasteiger partial charge in [-0.2, -0.15) is 0 Å². The molecule has 0 N–H and O–H groups in total. The molecular formula is C11H12N2O2. The number of hydrogen-bond acceptors (Lipinski definition) is 3. The van der Waals surface area contributed by atoms with Gasteiger partial charge in [0.05, 0.1) is 0 Å². The van der Waals surface area contributed by atoms with E-state index in [1.54, 1.807) is 18.2 Å². The first-order valence-electron chi connectivity index (χ1n) is 4.99. The van der Waals surface area contributed by atoms with Gasteiger partial charge < -0.3 is 4.90 Å². The fraction of sp³-hybridized carbons (Fsp3) is 0.364. The molecule has 0 aliphatic carbocycles. The van der Waals surface area contributed by atoms with Crippen LogP contribution in [0.4, 0.5) is 5.69 Å². The van der Waals surface area contributed by atoms with E-state index in [1.165, 1.54) is 0 Å². The second-order valence-corrected chi connectivity index (χ2v) is 3.68. The molecule has 1 saturated heterocycles. The number of carbonyl (C=O) groups excluding carboxylic acids is 1. The van der Waals surface area contributed by atoms with Crippen molar-refractivity contribution in [3.05, 3.63) is 34.7 Å². The third kappa shape index (κ3) is 2.21. The van der Waals surface area contributed by atoms with Crippen LogP contribution in [-0.4, -0.2) is 17.4 Å². The van der Waals surface area contributed by atoms with Gasteiger partial charge in [0, 0.05) is 19.5 Å².